The average Bonchev–Trinajstić information content (AvgIpc) is 3.39. The van der Waals surface area contributed by atoms with E-state index < -0.39 is 0 Å². The van der Waals surface area contributed by atoms with Gasteiger partial charge in [-0.15, -0.1) is 20.9 Å². The van der Waals surface area contributed by atoms with Crippen molar-refractivity contribution in [3.05, 3.63) is 97.1 Å². The Kier molecular flexibility index (Phi) is 14.4. The van der Waals surface area contributed by atoms with Gasteiger partial charge >= 0.3 is 0 Å². The number of anilines is 4. The molecule has 2 N–H and O–H groups in total. The van der Waals surface area contributed by atoms with Crippen molar-refractivity contribution in [3.8, 4) is 79.0 Å². The van der Waals surface area contributed by atoms with Crippen molar-refractivity contribution in [3.63, 3.8) is 0 Å². The molecular weight excluding hydrogens is 905 g/mol. The van der Waals surface area contributed by atoms with Crippen LogP contribution in [0.2, 0.25) is 0 Å². The second kappa shape index (κ2) is 20.6. The van der Waals surface area contributed by atoms with E-state index in [0.717, 1.165) is 10.8 Å². The van der Waals surface area contributed by atoms with E-state index in [-0.39, 0.29) is 11.5 Å². The zero-order valence-corrected chi connectivity index (χ0v) is 40.8. The zero-order chi connectivity index (χ0) is 50.0. The highest BCUT2D eigenvalue weighted by molar-refractivity contribution is 6.34. The minimum Gasteiger partial charge on any atom is -0.507 e. The summed E-state index contributed by atoms with van der Waals surface area (Å²) >= 11 is 0. The van der Waals surface area contributed by atoms with Crippen molar-refractivity contribution in [1.29, 1.82) is 0 Å². The molecule has 0 atom stereocenters. The van der Waals surface area contributed by atoms with Crippen LogP contribution in [0.4, 0.5) is 22.7 Å². The maximum atomic E-state index is 13.0. The summed E-state index contributed by atoms with van der Waals surface area (Å²) < 4.78 is 23.6. The van der Waals surface area contributed by atoms with E-state index in [0.29, 0.717) is 112 Å². The van der Waals surface area contributed by atoms with Crippen LogP contribution in [0.3, 0.4) is 0 Å². The Bertz CT molecular complexity index is 2760. The number of rotatable bonds is 20. The van der Waals surface area contributed by atoms with Gasteiger partial charge in [-0.3, -0.25) is 38.7 Å². The van der Waals surface area contributed by atoms with Crippen LogP contribution in [-0.2, 0) is 38.7 Å². The van der Waals surface area contributed by atoms with Gasteiger partial charge in [-0.1, -0.05) is 48.5 Å². The monoisotopic (exact) mass is 958 g/mol. The van der Waals surface area contributed by atoms with E-state index >= 15 is 0 Å². The molecule has 18 nitrogen and oxygen atoms in total. The third-order valence-corrected chi connectivity index (χ3v) is 12.2. The smallest absolute Gasteiger partial charge is 0.147 e. The largest absolute Gasteiger partial charge is 0.507 e. The van der Waals surface area contributed by atoms with Crippen LogP contribution < -0.4 is 39.9 Å². The first-order chi connectivity index (χ1) is 34.0. The lowest BCUT2D eigenvalue weighted by Gasteiger charge is -2.26. The topological polar surface area (TPSA) is 164 Å². The molecule has 0 saturated heterocycles. The standard InChI is InChI=1S/C52H54N4O14/c1-59-41-25-29(13-21-37(41)53(63-5)64-6)45-33-17-18-35-47(31-15-23-39(43(27-31)61-3)55(67-9)68-10)52(58)48(32-16-24-40(44(28-32)62-4)56(69-11)70-12)36-20-19-34(49(33)50(35)36)46(51(45)57)30-14-22-38(42(26-30)60-2)54(65-7)66-8/h13-28,57-58H,1-12H3. The van der Waals surface area contributed by atoms with Crippen LogP contribution in [-0.4, -0.2) is 95.5 Å². The first-order valence-electron chi connectivity index (χ1n) is 21.5. The van der Waals surface area contributed by atoms with Gasteiger partial charge in [0, 0.05) is 22.3 Å². The Balaban J connectivity index is 1.57. The number of ether oxygens (including phenoxy) is 4. The van der Waals surface area contributed by atoms with Gasteiger partial charge in [0.25, 0.3) is 0 Å². The van der Waals surface area contributed by atoms with Gasteiger partial charge in [0.1, 0.15) is 57.2 Å². The normalized spacial score (nSPS) is 11.4. The van der Waals surface area contributed by atoms with Crippen molar-refractivity contribution in [1.82, 2.24) is 0 Å². The summed E-state index contributed by atoms with van der Waals surface area (Å²) in [5.74, 6) is 1.58. The Hall–Kier alpha value is -7.52. The maximum Gasteiger partial charge on any atom is 0.147 e. The highest BCUT2D eigenvalue weighted by Crippen LogP contribution is 2.56. The second-order valence-electron chi connectivity index (χ2n) is 15.3. The van der Waals surface area contributed by atoms with E-state index in [4.69, 9.17) is 57.6 Å². The van der Waals surface area contributed by atoms with E-state index in [1.807, 2.05) is 72.8 Å². The Morgan fingerprint density at radius 3 is 0.657 bits per heavy atom. The summed E-state index contributed by atoms with van der Waals surface area (Å²) in [6, 6.07) is 29.6. The molecule has 0 saturated carbocycles. The number of hydrogen-bond donors (Lipinski definition) is 2. The molecule has 0 aliphatic heterocycles. The van der Waals surface area contributed by atoms with Gasteiger partial charge < -0.3 is 29.2 Å². The first kappa shape index (κ1) is 48.9. The van der Waals surface area contributed by atoms with Gasteiger partial charge in [0.05, 0.1) is 85.3 Å². The summed E-state index contributed by atoms with van der Waals surface area (Å²) in [4.78, 5) is 43.7. The van der Waals surface area contributed by atoms with Crippen molar-refractivity contribution >= 4 is 55.1 Å². The van der Waals surface area contributed by atoms with Crippen molar-refractivity contribution in [2.75, 3.05) is 106 Å². The van der Waals surface area contributed by atoms with Crippen LogP contribution in [0.5, 0.6) is 34.5 Å². The lowest BCUT2D eigenvalue weighted by Crippen LogP contribution is -2.20. The van der Waals surface area contributed by atoms with Crippen molar-refractivity contribution in [2.45, 2.75) is 0 Å². The highest BCUT2D eigenvalue weighted by Gasteiger charge is 2.29. The minimum atomic E-state index is -0.0215. The predicted octanol–water partition coefficient (Wildman–Crippen LogP) is 10.4. The third-order valence-electron chi connectivity index (χ3n) is 12.2. The van der Waals surface area contributed by atoms with Crippen LogP contribution >= 0.6 is 0 Å². The number of phenolic OH excluding ortho intramolecular Hbond substituents is 2. The van der Waals surface area contributed by atoms with E-state index in [1.165, 1.54) is 77.8 Å². The van der Waals surface area contributed by atoms with Gasteiger partial charge in [-0.2, -0.15) is 0 Å². The average molecular weight is 959 g/mol. The molecule has 0 aliphatic rings. The summed E-state index contributed by atoms with van der Waals surface area (Å²) in [7, 11) is 18.0. The molecule has 0 heterocycles. The molecular formula is C52H54N4O14. The third kappa shape index (κ3) is 8.11. The molecule has 8 aromatic carbocycles. The fraction of sp³-hybridized carbons (Fsp3) is 0.231. The van der Waals surface area contributed by atoms with Crippen LogP contribution in [0.25, 0.3) is 76.8 Å². The fourth-order valence-corrected chi connectivity index (χ4v) is 9.28. The molecule has 18 heteroatoms. The highest BCUT2D eigenvalue weighted by atomic mass is 17.0. The summed E-state index contributed by atoms with van der Waals surface area (Å²) in [5, 5.41) is 35.2. The Morgan fingerprint density at radius 2 is 0.486 bits per heavy atom. The summed E-state index contributed by atoms with van der Waals surface area (Å²) in [6.45, 7) is 0. The number of phenols is 2. The van der Waals surface area contributed by atoms with E-state index in [2.05, 4.69) is 0 Å². The molecule has 0 unspecified atom stereocenters. The summed E-state index contributed by atoms with van der Waals surface area (Å²) in [6.07, 6.45) is 0. The first-order valence-corrected chi connectivity index (χ1v) is 21.5. The van der Waals surface area contributed by atoms with Crippen molar-refractivity contribution in [2.24, 2.45) is 0 Å². The molecule has 0 bridgehead atoms. The van der Waals surface area contributed by atoms with Crippen LogP contribution in [0.1, 0.15) is 0 Å². The van der Waals surface area contributed by atoms with Gasteiger partial charge in [-0.05, 0) is 103 Å². The maximum absolute atomic E-state index is 13.0. The molecule has 70 heavy (non-hydrogen) atoms. The number of methoxy groups -OCH3 is 4. The fourth-order valence-electron chi connectivity index (χ4n) is 9.28. The molecule has 0 amide bonds. The Morgan fingerprint density at radius 1 is 0.286 bits per heavy atom. The molecule has 0 aliphatic carbocycles. The molecule has 366 valence electrons. The van der Waals surface area contributed by atoms with E-state index in [9.17, 15) is 10.2 Å². The SMILES string of the molecule is COc1cc(-c2c(O)c(-c3ccc(N(OC)OC)c(OC)c3)c3ccc4c(-c5ccc(N(OC)OC)c(OC)c5)c(O)c(-c5ccc(N(OC)OC)c(OC)c5)c5ccc2c3c54)ccc1N(OC)OC. The zero-order valence-electron chi connectivity index (χ0n) is 40.8. The van der Waals surface area contributed by atoms with Crippen LogP contribution in [0.15, 0.2) is 97.1 Å². The lowest BCUT2D eigenvalue weighted by atomic mass is 9.80. The van der Waals surface area contributed by atoms with E-state index in [1.54, 1.807) is 52.7 Å². The molecule has 0 spiro atoms. The minimum absolute atomic E-state index is 0.0215. The number of nitrogens with zero attached hydrogens (tertiary/aromatic N) is 4. The van der Waals surface area contributed by atoms with Crippen molar-refractivity contribution < 1.29 is 67.9 Å². The molecule has 8 aromatic rings. The quantitative estimate of drug-likeness (QED) is 0.0547. The molecule has 0 aromatic heterocycles. The number of benzene rings is 8. The summed E-state index contributed by atoms with van der Waals surface area (Å²) in [5.41, 5.74) is 6.38. The van der Waals surface area contributed by atoms with Gasteiger partial charge in [0.2, 0.25) is 0 Å². The Labute approximate surface area is 404 Å². The van der Waals surface area contributed by atoms with Gasteiger partial charge in [0.15, 0.2) is 0 Å². The predicted molar refractivity (Wildman–Crippen MR) is 267 cm³/mol. The molecule has 0 radical (unpaired) electrons. The van der Waals surface area contributed by atoms with Crippen LogP contribution in [0, 0.1) is 0 Å². The lowest BCUT2D eigenvalue weighted by molar-refractivity contribution is -0.0442. The number of aromatic hydroxyl groups is 2. The number of hydrogen-bond acceptors (Lipinski definition) is 18. The second-order valence-corrected chi connectivity index (χ2v) is 15.3. The molecule has 8 rings (SSSR count). The molecule has 0 fully saturated rings. The van der Waals surface area contributed by atoms with Gasteiger partial charge in [-0.25, -0.2) is 0 Å².